The average molecular weight is 252 g/mol. The van der Waals surface area contributed by atoms with E-state index in [1.54, 1.807) is 0 Å². The van der Waals surface area contributed by atoms with Crippen molar-refractivity contribution in [2.24, 2.45) is 0 Å². The third kappa shape index (κ3) is 3.41. The maximum Gasteiger partial charge on any atom is 0.264 e. The largest absolute Gasteiger partial charge is 0.351 e. The van der Waals surface area contributed by atoms with E-state index in [4.69, 9.17) is 11.6 Å². The zero-order valence-corrected chi connectivity index (χ0v) is 8.90. The predicted molar refractivity (Wildman–Crippen MR) is 53.9 cm³/mol. The van der Waals surface area contributed by atoms with Gasteiger partial charge in [-0.15, -0.1) is 11.6 Å². The molecule has 0 aliphatic heterocycles. The second kappa shape index (κ2) is 5.75. The molecule has 0 atom stereocenters. The van der Waals surface area contributed by atoms with Crippen molar-refractivity contribution in [1.82, 2.24) is 5.32 Å². The van der Waals surface area contributed by atoms with E-state index in [2.05, 4.69) is 5.32 Å². The van der Waals surface area contributed by atoms with Crippen LogP contribution in [-0.2, 0) is 11.3 Å². The summed E-state index contributed by atoms with van der Waals surface area (Å²) in [5.41, 5.74) is -0.246. The first-order valence-corrected chi connectivity index (χ1v) is 4.97. The van der Waals surface area contributed by atoms with Gasteiger partial charge in [0.25, 0.3) is 6.43 Å². The van der Waals surface area contributed by atoms with Gasteiger partial charge in [0.1, 0.15) is 11.7 Å². The predicted octanol–water partition coefficient (Wildman–Crippen LogP) is 2.62. The molecule has 0 fully saturated rings. The molecule has 0 saturated heterocycles. The van der Waals surface area contributed by atoms with Gasteiger partial charge in [-0.3, -0.25) is 4.79 Å². The molecule has 0 heterocycles. The third-order valence-electron chi connectivity index (χ3n) is 1.94. The molecule has 2 nitrogen and oxygen atoms in total. The van der Waals surface area contributed by atoms with E-state index in [9.17, 15) is 18.0 Å². The lowest BCUT2D eigenvalue weighted by molar-refractivity contribution is -0.118. The van der Waals surface area contributed by atoms with Crippen LogP contribution in [0.2, 0.25) is 0 Å². The van der Waals surface area contributed by atoms with Crippen LogP contribution in [0.5, 0.6) is 0 Å². The van der Waals surface area contributed by atoms with Gasteiger partial charge in [0, 0.05) is 12.1 Å². The Morgan fingerprint density at radius 2 is 2.12 bits per heavy atom. The van der Waals surface area contributed by atoms with Gasteiger partial charge in [-0.2, -0.15) is 0 Å². The van der Waals surface area contributed by atoms with Gasteiger partial charge in [-0.1, -0.05) is 6.07 Å². The van der Waals surface area contributed by atoms with E-state index in [0.717, 1.165) is 18.2 Å². The van der Waals surface area contributed by atoms with E-state index in [1.165, 1.54) is 0 Å². The summed E-state index contributed by atoms with van der Waals surface area (Å²) in [6.07, 6.45) is -2.71. The fourth-order valence-corrected chi connectivity index (χ4v) is 1.28. The lowest BCUT2D eigenvalue weighted by atomic mass is 10.1. The van der Waals surface area contributed by atoms with Crippen LogP contribution in [0, 0.1) is 5.82 Å². The standard InChI is InChI=1S/C10H9ClF3NO/c11-4-9(16)15-5-6-3-7(12)1-2-8(6)10(13)14/h1-3,10H,4-5H2,(H,15,16). The smallest absolute Gasteiger partial charge is 0.264 e. The highest BCUT2D eigenvalue weighted by atomic mass is 35.5. The molecular formula is C10H9ClF3NO. The van der Waals surface area contributed by atoms with Gasteiger partial charge in [0.05, 0.1) is 0 Å². The highest BCUT2D eigenvalue weighted by molar-refractivity contribution is 6.27. The van der Waals surface area contributed by atoms with Gasteiger partial charge in [0.15, 0.2) is 0 Å². The van der Waals surface area contributed by atoms with Gasteiger partial charge >= 0.3 is 0 Å². The minimum atomic E-state index is -2.71. The molecule has 1 aromatic rings. The first-order valence-electron chi connectivity index (χ1n) is 4.43. The molecule has 88 valence electrons. The van der Waals surface area contributed by atoms with Crippen LogP contribution >= 0.6 is 11.6 Å². The number of hydrogen-bond acceptors (Lipinski definition) is 1. The fourth-order valence-electron chi connectivity index (χ4n) is 1.18. The van der Waals surface area contributed by atoms with Crippen LogP contribution in [0.25, 0.3) is 0 Å². The summed E-state index contributed by atoms with van der Waals surface area (Å²) in [7, 11) is 0. The number of benzene rings is 1. The van der Waals surface area contributed by atoms with Crippen molar-refractivity contribution in [2.45, 2.75) is 13.0 Å². The molecule has 0 aromatic heterocycles. The van der Waals surface area contributed by atoms with Crippen LogP contribution < -0.4 is 5.32 Å². The lowest BCUT2D eigenvalue weighted by Gasteiger charge is -2.09. The SMILES string of the molecule is O=C(CCl)NCc1cc(F)ccc1C(F)F. The molecule has 0 bridgehead atoms. The number of nitrogens with one attached hydrogen (secondary N) is 1. The molecule has 1 N–H and O–H groups in total. The molecule has 0 aliphatic carbocycles. The summed E-state index contributed by atoms with van der Waals surface area (Å²) in [5.74, 6) is -1.38. The molecule has 1 rings (SSSR count). The van der Waals surface area contributed by atoms with Crippen LogP contribution in [0.1, 0.15) is 17.6 Å². The molecule has 1 amide bonds. The minimum Gasteiger partial charge on any atom is -0.351 e. The Balaban J connectivity index is 2.84. The Morgan fingerprint density at radius 3 is 2.69 bits per heavy atom. The molecule has 16 heavy (non-hydrogen) atoms. The first-order chi connectivity index (χ1) is 7.54. The molecular weight excluding hydrogens is 243 g/mol. The summed E-state index contributed by atoms with van der Waals surface area (Å²) in [6, 6.07) is 2.92. The summed E-state index contributed by atoms with van der Waals surface area (Å²) >= 11 is 5.22. The second-order valence-electron chi connectivity index (χ2n) is 3.05. The van der Waals surface area contributed by atoms with Crippen molar-refractivity contribution in [2.75, 3.05) is 5.88 Å². The zero-order chi connectivity index (χ0) is 12.1. The summed E-state index contributed by atoms with van der Waals surface area (Å²) in [5, 5.41) is 2.30. The van der Waals surface area contributed by atoms with E-state index in [-0.39, 0.29) is 23.6 Å². The quantitative estimate of drug-likeness (QED) is 0.819. The summed E-state index contributed by atoms with van der Waals surface area (Å²) < 4.78 is 37.8. The average Bonchev–Trinajstić information content (AvgIpc) is 2.25. The van der Waals surface area contributed by atoms with Crippen molar-refractivity contribution in [3.63, 3.8) is 0 Å². The van der Waals surface area contributed by atoms with E-state index >= 15 is 0 Å². The summed E-state index contributed by atoms with van der Waals surface area (Å²) in [6.45, 7) is -0.164. The molecule has 0 radical (unpaired) electrons. The fraction of sp³-hybridized carbons (Fsp3) is 0.300. The normalized spacial score (nSPS) is 10.6. The Bertz CT molecular complexity index is 384. The highest BCUT2D eigenvalue weighted by Crippen LogP contribution is 2.23. The Labute approximate surface area is 95.4 Å². The van der Waals surface area contributed by atoms with Gasteiger partial charge < -0.3 is 5.32 Å². The number of carbonyl (C=O) groups excluding carboxylic acids is 1. The number of halogens is 4. The summed E-state index contributed by atoms with van der Waals surface area (Å²) in [4.78, 5) is 10.8. The third-order valence-corrected chi connectivity index (χ3v) is 2.18. The number of amides is 1. The van der Waals surface area contributed by atoms with Crippen LogP contribution in [0.15, 0.2) is 18.2 Å². The molecule has 0 spiro atoms. The van der Waals surface area contributed by atoms with Crippen molar-refractivity contribution in [1.29, 1.82) is 0 Å². The zero-order valence-electron chi connectivity index (χ0n) is 8.14. The van der Waals surface area contributed by atoms with Crippen LogP contribution in [0.3, 0.4) is 0 Å². The molecule has 0 aliphatic rings. The molecule has 0 unspecified atom stereocenters. The number of rotatable bonds is 4. The Hall–Kier alpha value is -1.23. The van der Waals surface area contributed by atoms with Crippen LogP contribution in [-0.4, -0.2) is 11.8 Å². The maximum absolute atomic E-state index is 12.8. The first kappa shape index (κ1) is 12.8. The van der Waals surface area contributed by atoms with Gasteiger partial charge in [-0.25, -0.2) is 13.2 Å². The maximum atomic E-state index is 12.8. The topological polar surface area (TPSA) is 29.1 Å². The van der Waals surface area contributed by atoms with Crippen molar-refractivity contribution < 1.29 is 18.0 Å². The highest BCUT2D eigenvalue weighted by Gasteiger charge is 2.13. The number of alkyl halides is 3. The van der Waals surface area contributed by atoms with Crippen LogP contribution in [0.4, 0.5) is 13.2 Å². The van der Waals surface area contributed by atoms with Crippen molar-refractivity contribution in [3.8, 4) is 0 Å². The molecule has 1 aromatic carbocycles. The second-order valence-corrected chi connectivity index (χ2v) is 3.32. The van der Waals surface area contributed by atoms with Crippen molar-refractivity contribution in [3.05, 3.63) is 35.1 Å². The molecule has 6 heteroatoms. The van der Waals surface area contributed by atoms with Gasteiger partial charge in [0.2, 0.25) is 5.91 Å². The number of carbonyl (C=O) groups is 1. The monoisotopic (exact) mass is 251 g/mol. The van der Waals surface area contributed by atoms with E-state index in [0.29, 0.717) is 0 Å². The Morgan fingerprint density at radius 1 is 1.44 bits per heavy atom. The minimum absolute atomic E-state index is 0.0495. The number of hydrogen-bond donors (Lipinski definition) is 1. The molecule has 0 saturated carbocycles. The van der Waals surface area contributed by atoms with Gasteiger partial charge in [-0.05, 0) is 17.7 Å². The Kier molecular flexibility index (Phi) is 4.61. The van der Waals surface area contributed by atoms with E-state index < -0.39 is 18.1 Å². The lowest BCUT2D eigenvalue weighted by Crippen LogP contribution is -2.24. The van der Waals surface area contributed by atoms with E-state index in [1.807, 2.05) is 0 Å². The van der Waals surface area contributed by atoms with Crippen molar-refractivity contribution >= 4 is 17.5 Å².